The van der Waals surface area contributed by atoms with Gasteiger partial charge in [-0.2, -0.15) is 0 Å². The first-order valence-corrected chi connectivity index (χ1v) is 3.56. The van der Waals surface area contributed by atoms with Crippen LogP contribution in [0.25, 0.3) is 0 Å². The van der Waals surface area contributed by atoms with E-state index >= 15 is 0 Å². The van der Waals surface area contributed by atoms with Gasteiger partial charge in [-0.3, -0.25) is 14.6 Å². The first-order valence-electron chi connectivity index (χ1n) is 3.56. The average molecular weight is 183 g/mol. The van der Waals surface area contributed by atoms with Crippen LogP contribution in [0.2, 0.25) is 0 Å². The first kappa shape index (κ1) is 9.24. The monoisotopic (exact) mass is 183 g/mol. The molecule has 0 radical (unpaired) electrons. The Morgan fingerprint density at radius 2 is 2.00 bits per heavy atom. The fourth-order valence-electron chi connectivity index (χ4n) is 0.810. The molecule has 1 rings (SSSR count). The van der Waals surface area contributed by atoms with Crippen LogP contribution >= 0.6 is 0 Å². The number of rotatable bonds is 1. The van der Waals surface area contributed by atoms with Crippen molar-refractivity contribution in [1.82, 2.24) is 14.9 Å². The van der Waals surface area contributed by atoms with Crippen LogP contribution in [0.5, 0.6) is 0 Å². The molecular weight excluding hydrogens is 174 g/mol. The van der Waals surface area contributed by atoms with Crippen LogP contribution in [0, 0.1) is 0 Å². The highest BCUT2D eigenvalue weighted by Gasteiger charge is 2.11. The Morgan fingerprint density at radius 3 is 2.46 bits per heavy atom. The van der Waals surface area contributed by atoms with Crippen molar-refractivity contribution in [3.05, 3.63) is 32.6 Å². The van der Waals surface area contributed by atoms with Gasteiger partial charge in [-0.15, -0.1) is 0 Å². The zero-order chi connectivity index (χ0) is 10.0. The number of amides is 1. The molecule has 0 bridgehead atoms. The van der Waals surface area contributed by atoms with Crippen molar-refractivity contribution in [2.45, 2.75) is 0 Å². The molecule has 2 N–H and O–H groups in total. The number of hydrogen-bond acceptors (Lipinski definition) is 3. The van der Waals surface area contributed by atoms with Gasteiger partial charge in [-0.25, -0.2) is 4.79 Å². The standard InChI is InChI=1S/C7H9N3O3/c1-10(2)6(12)4-3-8-7(13)9-5(4)11/h3H,1-2H3,(H2,8,9,11,13). The highest BCUT2D eigenvalue weighted by Crippen LogP contribution is 1.89. The molecule has 0 saturated carbocycles. The summed E-state index contributed by atoms with van der Waals surface area (Å²) >= 11 is 0. The highest BCUT2D eigenvalue weighted by molar-refractivity contribution is 5.93. The van der Waals surface area contributed by atoms with E-state index in [2.05, 4.69) is 4.98 Å². The fraction of sp³-hybridized carbons (Fsp3) is 0.286. The Balaban J connectivity index is 3.25. The van der Waals surface area contributed by atoms with Crippen LogP contribution in [0.15, 0.2) is 15.8 Å². The topological polar surface area (TPSA) is 86.0 Å². The Morgan fingerprint density at radius 1 is 1.38 bits per heavy atom. The smallest absolute Gasteiger partial charge is 0.325 e. The van der Waals surface area contributed by atoms with E-state index in [1.54, 1.807) is 0 Å². The number of carbonyl (C=O) groups excluding carboxylic acids is 1. The van der Waals surface area contributed by atoms with E-state index in [4.69, 9.17) is 0 Å². The molecule has 1 aromatic rings. The maximum atomic E-state index is 11.3. The number of nitrogens with zero attached hydrogens (tertiary/aromatic N) is 1. The average Bonchev–Trinajstić information content (AvgIpc) is 2.03. The van der Waals surface area contributed by atoms with E-state index < -0.39 is 17.2 Å². The number of carbonyl (C=O) groups is 1. The minimum Gasteiger partial charge on any atom is -0.345 e. The number of aromatic nitrogens is 2. The summed E-state index contributed by atoms with van der Waals surface area (Å²) in [4.78, 5) is 38.4. The van der Waals surface area contributed by atoms with Crippen molar-refractivity contribution >= 4 is 5.91 Å². The molecule has 13 heavy (non-hydrogen) atoms. The van der Waals surface area contributed by atoms with Gasteiger partial charge in [0.25, 0.3) is 11.5 Å². The van der Waals surface area contributed by atoms with Crippen molar-refractivity contribution in [3.63, 3.8) is 0 Å². The van der Waals surface area contributed by atoms with Crippen molar-refractivity contribution in [1.29, 1.82) is 0 Å². The quantitative estimate of drug-likeness (QED) is 0.571. The zero-order valence-corrected chi connectivity index (χ0v) is 7.25. The van der Waals surface area contributed by atoms with Gasteiger partial charge >= 0.3 is 5.69 Å². The van der Waals surface area contributed by atoms with Gasteiger partial charge in [0.2, 0.25) is 0 Å². The molecule has 6 nitrogen and oxygen atoms in total. The van der Waals surface area contributed by atoms with Crippen molar-refractivity contribution in [2.24, 2.45) is 0 Å². The van der Waals surface area contributed by atoms with Gasteiger partial charge in [0, 0.05) is 20.3 Å². The molecule has 0 fully saturated rings. The Labute approximate surface area is 73.2 Å². The van der Waals surface area contributed by atoms with E-state index in [1.165, 1.54) is 19.0 Å². The van der Waals surface area contributed by atoms with E-state index in [0.29, 0.717) is 0 Å². The minimum atomic E-state index is -0.678. The summed E-state index contributed by atoms with van der Waals surface area (Å²) in [5.41, 5.74) is -1.38. The Kier molecular flexibility index (Phi) is 2.32. The maximum absolute atomic E-state index is 11.3. The Bertz CT molecular complexity index is 429. The number of aromatic amines is 2. The van der Waals surface area contributed by atoms with E-state index in [0.717, 1.165) is 6.20 Å². The summed E-state index contributed by atoms with van der Waals surface area (Å²) in [7, 11) is 3.04. The van der Waals surface area contributed by atoms with Crippen molar-refractivity contribution in [3.8, 4) is 0 Å². The van der Waals surface area contributed by atoms with E-state index in [-0.39, 0.29) is 5.56 Å². The van der Waals surface area contributed by atoms with Gasteiger partial charge in [-0.1, -0.05) is 0 Å². The zero-order valence-electron chi connectivity index (χ0n) is 7.25. The molecule has 1 amide bonds. The molecule has 0 saturated heterocycles. The lowest BCUT2D eigenvalue weighted by Gasteiger charge is -2.07. The second-order valence-electron chi connectivity index (χ2n) is 2.69. The molecular formula is C7H9N3O3. The van der Waals surface area contributed by atoms with E-state index in [9.17, 15) is 14.4 Å². The lowest BCUT2D eigenvalue weighted by molar-refractivity contribution is 0.0825. The lowest BCUT2D eigenvalue weighted by Crippen LogP contribution is -2.32. The summed E-state index contributed by atoms with van der Waals surface area (Å²) in [6.45, 7) is 0. The number of hydrogen-bond donors (Lipinski definition) is 2. The highest BCUT2D eigenvalue weighted by atomic mass is 16.2. The first-order chi connectivity index (χ1) is 6.02. The third-order valence-electron chi connectivity index (χ3n) is 1.46. The molecule has 1 heterocycles. The van der Waals surface area contributed by atoms with Crippen LogP contribution in [0.1, 0.15) is 10.4 Å². The molecule has 1 aromatic heterocycles. The third-order valence-corrected chi connectivity index (χ3v) is 1.46. The fourth-order valence-corrected chi connectivity index (χ4v) is 0.810. The molecule has 0 atom stereocenters. The lowest BCUT2D eigenvalue weighted by atomic mass is 10.3. The summed E-state index contributed by atoms with van der Waals surface area (Å²) < 4.78 is 0. The largest absolute Gasteiger partial charge is 0.345 e. The molecule has 0 unspecified atom stereocenters. The Hall–Kier alpha value is -1.85. The second kappa shape index (κ2) is 3.26. The van der Waals surface area contributed by atoms with Crippen LogP contribution in [0.3, 0.4) is 0 Å². The number of nitrogens with one attached hydrogen (secondary N) is 2. The van der Waals surface area contributed by atoms with Crippen LogP contribution < -0.4 is 11.2 Å². The third kappa shape index (κ3) is 1.84. The molecule has 0 aromatic carbocycles. The van der Waals surface area contributed by atoms with Gasteiger partial charge in [0.1, 0.15) is 5.56 Å². The summed E-state index contributed by atoms with van der Waals surface area (Å²) in [6.07, 6.45) is 1.10. The van der Waals surface area contributed by atoms with Gasteiger partial charge in [0.15, 0.2) is 0 Å². The van der Waals surface area contributed by atoms with Gasteiger partial charge in [-0.05, 0) is 0 Å². The summed E-state index contributed by atoms with van der Waals surface area (Å²) in [6, 6.07) is 0. The van der Waals surface area contributed by atoms with Gasteiger partial charge in [0.05, 0.1) is 0 Å². The van der Waals surface area contributed by atoms with Crippen LogP contribution in [0.4, 0.5) is 0 Å². The molecule has 0 aliphatic carbocycles. The SMILES string of the molecule is CN(C)C(=O)c1c[nH]c(=O)[nH]c1=O. The maximum Gasteiger partial charge on any atom is 0.325 e. The molecule has 6 heteroatoms. The predicted octanol–water partition coefficient (Wildman–Crippen LogP) is -1.23. The molecule has 70 valence electrons. The number of H-pyrrole nitrogens is 2. The predicted molar refractivity (Wildman–Crippen MR) is 45.7 cm³/mol. The molecule has 0 aliphatic rings. The van der Waals surface area contributed by atoms with Crippen LogP contribution in [-0.2, 0) is 0 Å². The minimum absolute atomic E-state index is 0.0791. The summed E-state index contributed by atoms with van der Waals surface area (Å²) in [5.74, 6) is -0.447. The van der Waals surface area contributed by atoms with Crippen molar-refractivity contribution in [2.75, 3.05) is 14.1 Å². The van der Waals surface area contributed by atoms with Crippen LogP contribution in [-0.4, -0.2) is 34.9 Å². The van der Waals surface area contributed by atoms with E-state index in [1.807, 2.05) is 4.98 Å². The normalized spacial score (nSPS) is 9.69. The molecule has 0 aliphatic heterocycles. The second-order valence-corrected chi connectivity index (χ2v) is 2.69. The summed E-state index contributed by atoms with van der Waals surface area (Å²) in [5, 5.41) is 0. The van der Waals surface area contributed by atoms with Gasteiger partial charge < -0.3 is 9.88 Å². The van der Waals surface area contributed by atoms with Crippen molar-refractivity contribution < 1.29 is 4.79 Å². The molecule has 0 spiro atoms.